The zero-order chi connectivity index (χ0) is 10.8. The lowest BCUT2D eigenvalue weighted by molar-refractivity contribution is 0.294. The number of hydrogen-bond acceptors (Lipinski definition) is 2. The lowest BCUT2D eigenvalue weighted by atomic mass is 9.75. The molecule has 0 aromatic carbocycles. The van der Waals surface area contributed by atoms with Crippen LogP contribution < -0.4 is 5.73 Å². The minimum atomic E-state index is -0.191. The molecule has 82 valence electrons. The topological polar surface area (TPSA) is 38.9 Å². The SMILES string of the molecule is CC1CCC(N)CC1c1ccncc1F. The predicted molar refractivity (Wildman–Crippen MR) is 57.9 cm³/mol. The molecule has 15 heavy (non-hydrogen) atoms. The molecular weight excluding hydrogens is 191 g/mol. The summed E-state index contributed by atoms with van der Waals surface area (Å²) in [5, 5.41) is 0. The Labute approximate surface area is 89.7 Å². The first kappa shape index (κ1) is 10.6. The molecule has 3 atom stereocenters. The summed E-state index contributed by atoms with van der Waals surface area (Å²) in [5.74, 6) is 0.585. The molecule has 2 nitrogen and oxygen atoms in total. The van der Waals surface area contributed by atoms with Crippen LogP contribution in [0.5, 0.6) is 0 Å². The second-order valence-electron chi connectivity index (χ2n) is 4.55. The molecule has 1 aliphatic rings. The highest BCUT2D eigenvalue weighted by Crippen LogP contribution is 2.37. The molecule has 1 heterocycles. The number of halogens is 1. The number of nitrogens with two attached hydrogens (primary N) is 1. The Morgan fingerprint density at radius 1 is 1.47 bits per heavy atom. The second-order valence-corrected chi connectivity index (χ2v) is 4.55. The monoisotopic (exact) mass is 208 g/mol. The van der Waals surface area contributed by atoms with Gasteiger partial charge in [-0.3, -0.25) is 4.98 Å². The van der Waals surface area contributed by atoms with Crippen LogP contribution in [0.4, 0.5) is 4.39 Å². The normalized spacial score (nSPS) is 31.5. The predicted octanol–water partition coefficient (Wildman–Crippen LogP) is 2.45. The molecule has 0 radical (unpaired) electrons. The molecule has 1 aromatic heterocycles. The van der Waals surface area contributed by atoms with E-state index in [1.807, 2.05) is 0 Å². The largest absolute Gasteiger partial charge is 0.328 e. The number of pyridine rings is 1. The maximum Gasteiger partial charge on any atom is 0.144 e. The molecule has 0 bridgehead atoms. The first-order valence-corrected chi connectivity index (χ1v) is 5.53. The highest BCUT2D eigenvalue weighted by Gasteiger charge is 2.28. The van der Waals surface area contributed by atoms with E-state index in [2.05, 4.69) is 11.9 Å². The molecule has 1 fully saturated rings. The van der Waals surface area contributed by atoms with E-state index in [9.17, 15) is 4.39 Å². The van der Waals surface area contributed by atoms with E-state index in [-0.39, 0.29) is 17.8 Å². The summed E-state index contributed by atoms with van der Waals surface area (Å²) in [6.07, 6.45) is 5.99. The number of hydrogen-bond donors (Lipinski definition) is 1. The van der Waals surface area contributed by atoms with Gasteiger partial charge >= 0.3 is 0 Å². The van der Waals surface area contributed by atoms with Gasteiger partial charge in [-0.05, 0) is 42.7 Å². The molecule has 1 aromatic rings. The van der Waals surface area contributed by atoms with Crippen molar-refractivity contribution in [1.29, 1.82) is 0 Å². The Morgan fingerprint density at radius 2 is 2.27 bits per heavy atom. The van der Waals surface area contributed by atoms with Crippen molar-refractivity contribution in [3.05, 3.63) is 29.8 Å². The van der Waals surface area contributed by atoms with Gasteiger partial charge < -0.3 is 5.73 Å². The van der Waals surface area contributed by atoms with E-state index in [1.54, 1.807) is 12.3 Å². The van der Waals surface area contributed by atoms with Crippen molar-refractivity contribution >= 4 is 0 Å². The van der Waals surface area contributed by atoms with Gasteiger partial charge in [0.2, 0.25) is 0 Å². The van der Waals surface area contributed by atoms with Crippen molar-refractivity contribution in [1.82, 2.24) is 4.98 Å². The molecule has 0 aliphatic heterocycles. The van der Waals surface area contributed by atoms with Crippen molar-refractivity contribution in [3.8, 4) is 0 Å². The van der Waals surface area contributed by atoms with Crippen LogP contribution in [0.1, 0.15) is 37.7 Å². The first-order valence-electron chi connectivity index (χ1n) is 5.53. The van der Waals surface area contributed by atoms with E-state index in [0.717, 1.165) is 24.8 Å². The molecule has 2 N–H and O–H groups in total. The quantitative estimate of drug-likeness (QED) is 0.770. The molecule has 0 amide bonds. The van der Waals surface area contributed by atoms with Crippen LogP contribution in [0, 0.1) is 11.7 Å². The molecule has 2 rings (SSSR count). The highest BCUT2D eigenvalue weighted by molar-refractivity contribution is 5.20. The molecule has 1 saturated carbocycles. The summed E-state index contributed by atoms with van der Waals surface area (Å²) in [6.45, 7) is 2.18. The Kier molecular flexibility index (Phi) is 3.00. The van der Waals surface area contributed by atoms with Gasteiger partial charge in [0.05, 0.1) is 6.20 Å². The molecule has 0 spiro atoms. The summed E-state index contributed by atoms with van der Waals surface area (Å²) >= 11 is 0. The van der Waals surface area contributed by atoms with E-state index in [0.29, 0.717) is 5.92 Å². The van der Waals surface area contributed by atoms with E-state index < -0.39 is 0 Å². The van der Waals surface area contributed by atoms with Gasteiger partial charge in [-0.25, -0.2) is 4.39 Å². The third-order valence-electron chi connectivity index (χ3n) is 3.44. The van der Waals surface area contributed by atoms with Crippen LogP contribution in [-0.4, -0.2) is 11.0 Å². The minimum absolute atomic E-state index is 0.191. The minimum Gasteiger partial charge on any atom is -0.328 e. The highest BCUT2D eigenvalue weighted by atomic mass is 19.1. The first-order chi connectivity index (χ1) is 7.18. The summed E-state index contributed by atoms with van der Waals surface area (Å²) in [4.78, 5) is 3.78. The zero-order valence-corrected chi connectivity index (χ0v) is 8.99. The van der Waals surface area contributed by atoms with Gasteiger partial charge in [-0.2, -0.15) is 0 Å². The van der Waals surface area contributed by atoms with Crippen LogP contribution in [0.25, 0.3) is 0 Å². The fraction of sp³-hybridized carbons (Fsp3) is 0.583. The van der Waals surface area contributed by atoms with E-state index in [4.69, 9.17) is 5.73 Å². The van der Waals surface area contributed by atoms with Crippen LogP contribution >= 0.6 is 0 Å². The van der Waals surface area contributed by atoms with Crippen LogP contribution in [-0.2, 0) is 0 Å². The van der Waals surface area contributed by atoms with Gasteiger partial charge in [-0.1, -0.05) is 6.92 Å². The summed E-state index contributed by atoms with van der Waals surface area (Å²) in [5.41, 5.74) is 6.72. The third-order valence-corrected chi connectivity index (χ3v) is 3.44. The Hall–Kier alpha value is -0.960. The lowest BCUT2D eigenvalue weighted by Crippen LogP contribution is -2.31. The van der Waals surface area contributed by atoms with Gasteiger partial charge in [0, 0.05) is 12.2 Å². The van der Waals surface area contributed by atoms with E-state index in [1.165, 1.54) is 6.20 Å². The Balaban J connectivity index is 2.25. The second kappa shape index (κ2) is 4.27. The average Bonchev–Trinajstić information content (AvgIpc) is 2.23. The van der Waals surface area contributed by atoms with Gasteiger partial charge in [-0.15, -0.1) is 0 Å². The molecule has 3 unspecified atom stereocenters. The maximum absolute atomic E-state index is 13.6. The van der Waals surface area contributed by atoms with Crippen molar-refractivity contribution in [2.24, 2.45) is 11.7 Å². The van der Waals surface area contributed by atoms with Gasteiger partial charge in [0.1, 0.15) is 5.82 Å². The fourth-order valence-corrected chi connectivity index (χ4v) is 2.47. The standard InChI is InChI=1S/C12H17FN2/c1-8-2-3-9(14)6-11(8)10-4-5-15-7-12(10)13/h4-5,7-9,11H,2-3,6,14H2,1H3. The van der Waals surface area contributed by atoms with Crippen LogP contribution in [0.2, 0.25) is 0 Å². The van der Waals surface area contributed by atoms with Crippen LogP contribution in [0.3, 0.4) is 0 Å². The summed E-state index contributed by atoms with van der Waals surface area (Å²) in [7, 11) is 0. The van der Waals surface area contributed by atoms with Crippen molar-refractivity contribution < 1.29 is 4.39 Å². The average molecular weight is 208 g/mol. The summed E-state index contributed by atoms with van der Waals surface area (Å²) in [6, 6.07) is 2.01. The number of rotatable bonds is 1. The van der Waals surface area contributed by atoms with Gasteiger partial charge in [0.15, 0.2) is 0 Å². The molecular formula is C12H17FN2. The number of aromatic nitrogens is 1. The van der Waals surface area contributed by atoms with Crippen LogP contribution in [0.15, 0.2) is 18.5 Å². The molecule has 1 aliphatic carbocycles. The smallest absolute Gasteiger partial charge is 0.144 e. The Bertz CT molecular complexity index is 340. The van der Waals surface area contributed by atoms with Crippen molar-refractivity contribution in [3.63, 3.8) is 0 Å². The lowest BCUT2D eigenvalue weighted by Gasteiger charge is -2.32. The van der Waals surface area contributed by atoms with Gasteiger partial charge in [0.25, 0.3) is 0 Å². The van der Waals surface area contributed by atoms with Crippen molar-refractivity contribution in [2.75, 3.05) is 0 Å². The maximum atomic E-state index is 13.6. The van der Waals surface area contributed by atoms with Crippen molar-refractivity contribution in [2.45, 2.75) is 38.1 Å². The Morgan fingerprint density at radius 3 is 3.00 bits per heavy atom. The summed E-state index contributed by atoms with van der Waals surface area (Å²) < 4.78 is 13.6. The molecule has 3 heteroatoms. The molecule has 0 saturated heterocycles. The fourth-order valence-electron chi connectivity index (χ4n) is 2.47. The van der Waals surface area contributed by atoms with E-state index >= 15 is 0 Å². The third kappa shape index (κ3) is 2.17. The zero-order valence-electron chi connectivity index (χ0n) is 8.99. The number of nitrogens with zero attached hydrogens (tertiary/aromatic N) is 1.